The average Bonchev–Trinajstić information content (AvgIpc) is 2.89. The molecule has 0 fully saturated rings. The van der Waals surface area contributed by atoms with Crippen molar-refractivity contribution >= 4 is 34.2 Å². The van der Waals surface area contributed by atoms with Crippen molar-refractivity contribution in [3.63, 3.8) is 0 Å². The van der Waals surface area contributed by atoms with Crippen molar-refractivity contribution in [1.29, 1.82) is 0 Å². The Balaban J connectivity index is 2.14. The normalized spacial score (nSPS) is 10.8. The van der Waals surface area contributed by atoms with Gasteiger partial charge in [0.15, 0.2) is 5.82 Å². The highest BCUT2D eigenvalue weighted by Crippen LogP contribution is 2.28. The summed E-state index contributed by atoms with van der Waals surface area (Å²) >= 11 is 8.13. The van der Waals surface area contributed by atoms with Crippen LogP contribution in [-0.4, -0.2) is 21.9 Å². The van der Waals surface area contributed by atoms with E-state index in [1.165, 1.54) is 18.2 Å². The Morgan fingerprint density at radius 2 is 2.13 bits per heavy atom. The van der Waals surface area contributed by atoms with Gasteiger partial charge >= 0.3 is 5.69 Å². The highest BCUT2D eigenvalue weighted by atomic mass is 127. The fourth-order valence-corrected chi connectivity index (χ4v) is 2.92. The molecular weight excluding hydrogens is 436 g/mol. The molecule has 0 bridgehead atoms. The number of rotatable bonds is 3. The fourth-order valence-electron chi connectivity index (χ4n) is 2.12. The first-order valence-electron chi connectivity index (χ1n) is 6.49. The van der Waals surface area contributed by atoms with Crippen LogP contribution in [0.3, 0.4) is 0 Å². The molecule has 8 heteroatoms. The van der Waals surface area contributed by atoms with E-state index in [-0.39, 0.29) is 16.4 Å². The Kier molecular flexibility index (Phi) is 4.40. The molecule has 1 N–H and O–H groups in total. The van der Waals surface area contributed by atoms with Crippen molar-refractivity contribution in [1.82, 2.24) is 14.8 Å². The van der Waals surface area contributed by atoms with Crippen molar-refractivity contribution in [2.45, 2.75) is 0 Å². The van der Waals surface area contributed by atoms with Crippen LogP contribution in [-0.2, 0) is 0 Å². The molecule has 1 heterocycles. The summed E-state index contributed by atoms with van der Waals surface area (Å²) in [7, 11) is 1.54. The Labute approximate surface area is 149 Å². The van der Waals surface area contributed by atoms with E-state index in [9.17, 15) is 9.18 Å². The third-order valence-corrected chi connectivity index (χ3v) is 4.40. The van der Waals surface area contributed by atoms with E-state index in [2.05, 4.69) is 32.7 Å². The molecule has 1 aromatic heterocycles. The minimum Gasteiger partial charge on any atom is -0.496 e. The van der Waals surface area contributed by atoms with Crippen LogP contribution in [0.15, 0.2) is 41.2 Å². The first kappa shape index (κ1) is 16.0. The number of nitrogens with one attached hydrogen (secondary N) is 1. The lowest BCUT2D eigenvalue weighted by Gasteiger charge is -2.06. The SMILES string of the molecule is COc1cc(-n2nc(-c3c(F)cccc3Cl)[nH]c2=O)ccc1I. The monoisotopic (exact) mass is 445 g/mol. The second kappa shape index (κ2) is 6.32. The molecule has 0 aliphatic carbocycles. The largest absolute Gasteiger partial charge is 0.496 e. The van der Waals surface area contributed by atoms with Crippen molar-refractivity contribution in [2.24, 2.45) is 0 Å². The van der Waals surface area contributed by atoms with Gasteiger partial charge < -0.3 is 4.74 Å². The Bertz CT molecular complexity index is 918. The van der Waals surface area contributed by atoms with Crippen LogP contribution in [0.4, 0.5) is 4.39 Å². The number of ether oxygens (including phenoxy) is 1. The molecule has 3 aromatic rings. The van der Waals surface area contributed by atoms with Crippen LogP contribution in [0, 0.1) is 9.39 Å². The van der Waals surface area contributed by atoms with Crippen LogP contribution < -0.4 is 10.4 Å². The molecule has 2 aromatic carbocycles. The highest BCUT2D eigenvalue weighted by Gasteiger charge is 2.16. The summed E-state index contributed by atoms with van der Waals surface area (Å²) in [5.41, 5.74) is 0.0623. The van der Waals surface area contributed by atoms with E-state index < -0.39 is 11.5 Å². The summed E-state index contributed by atoms with van der Waals surface area (Å²) in [6, 6.07) is 9.47. The Morgan fingerprint density at radius 1 is 1.35 bits per heavy atom. The van der Waals surface area contributed by atoms with Crippen molar-refractivity contribution in [3.8, 4) is 22.8 Å². The molecule has 0 unspecified atom stereocenters. The first-order valence-corrected chi connectivity index (χ1v) is 7.94. The quantitative estimate of drug-likeness (QED) is 0.627. The highest BCUT2D eigenvalue weighted by molar-refractivity contribution is 14.1. The predicted molar refractivity (Wildman–Crippen MR) is 93.9 cm³/mol. The Morgan fingerprint density at radius 3 is 2.83 bits per heavy atom. The molecule has 0 aliphatic rings. The predicted octanol–water partition coefficient (Wildman–Crippen LogP) is 3.63. The van der Waals surface area contributed by atoms with Gasteiger partial charge in [0.05, 0.1) is 27.0 Å². The summed E-state index contributed by atoms with van der Waals surface area (Å²) in [5, 5.41) is 4.32. The minimum absolute atomic E-state index is 0.0579. The van der Waals surface area contributed by atoms with E-state index in [1.54, 1.807) is 25.3 Å². The topological polar surface area (TPSA) is 59.9 Å². The van der Waals surface area contributed by atoms with Gasteiger partial charge in [0.1, 0.15) is 11.6 Å². The van der Waals surface area contributed by atoms with Crippen molar-refractivity contribution in [2.75, 3.05) is 7.11 Å². The molecule has 0 radical (unpaired) electrons. The fraction of sp³-hybridized carbons (Fsp3) is 0.0667. The van der Waals surface area contributed by atoms with Crippen molar-refractivity contribution < 1.29 is 9.13 Å². The lowest BCUT2D eigenvalue weighted by molar-refractivity contribution is 0.411. The zero-order chi connectivity index (χ0) is 16.6. The van der Waals surface area contributed by atoms with Crippen molar-refractivity contribution in [3.05, 3.63) is 61.3 Å². The van der Waals surface area contributed by atoms with E-state index >= 15 is 0 Å². The number of H-pyrrole nitrogens is 1. The molecule has 0 atom stereocenters. The second-order valence-corrected chi connectivity index (χ2v) is 6.18. The average molecular weight is 446 g/mol. The van der Waals surface area contributed by atoms with Gasteiger partial charge in [-0.05, 0) is 46.9 Å². The number of hydrogen-bond donors (Lipinski definition) is 1. The summed E-state index contributed by atoms with van der Waals surface area (Å²) in [6.07, 6.45) is 0. The van der Waals surface area contributed by atoms with Gasteiger partial charge in [-0.15, -0.1) is 5.10 Å². The van der Waals surface area contributed by atoms with E-state index in [1.807, 2.05) is 0 Å². The van der Waals surface area contributed by atoms with E-state index in [0.717, 1.165) is 8.25 Å². The number of hydrogen-bond acceptors (Lipinski definition) is 3. The van der Waals surface area contributed by atoms with Gasteiger partial charge in [0.2, 0.25) is 0 Å². The molecule has 0 spiro atoms. The summed E-state index contributed by atoms with van der Waals surface area (Å²) < 4.78 is 21.2. The smallest absolute Gasteiger partial charge is 0.348 e. The molecule has 0 saturated heterocycles. The number of nitrogens with zero attached hydrogens (tertiary/aromatic N) is 2. The maximum atomic E-state index is 14.0. The zero-order valence-corrected chi connectivity index (χ0v) is 14.7. The minimum atomic E-state index is -0.557. The first-order chi connectivity index (χ1) is 11.0. The van der Waals surface area contributed by atoms with E-state index in [4.69, 9.17) is 16.3 Å². The van der Waals surface area contributed by atoms with Crippen LogP contribution in [0.2, 0.25) is 5.02 Å². The van der Waals surface area contributed by atoms with Gasteiger partial charge in [-0.25, -0.2) is 9.18 Å². The number of halogens is 3. The van der Waals surface area contributed by atoms with E-state index in [0.29, 0.717) is 11.4 Å². The number of benzene rings is 2. The molecule has 5 nitrogen and oxygen atoms in total. The third-order valence-electron chi connectivity index (χ3n) is 3.20. The molecule has 0 saturated carbocycles. The lowest BCUT2D eigenvalue weighted by Crippen LogP contribution is -2.16. The van der Waals surface area contributed by atoms with Crippen LogP contribution >= 0.6 is 34.2 Å². The molecule has 3 rings (SSSR count). The van der Waals surface area contributed by atoms with Crippen LogP contribution in [0.5, 0.6) is 5.75 Å². The van der Waals surface area contributed by atoms with Gasteiger partial charge in [0.25, 0.3) is 0 Å². The van der Waals surface area contributed by atoms with Gasteiger partial charge in [-0.2, -0.15) is 4.68 Å². The number of methoxy groups -OCH3 is 1. The van der Waals surface area contributed by atoms with Gasteiger partial charge in [-0.1, -0.05) is 17.7 Å². The number of aromatic amines is 1. The Hall–Kier alpha value is -1.87. The van der Waals surface area contributed by atoms with Crippen LogP contribution in [0.1, 0.15) is 0 Å². The molecular formula is C15H10ClFIN3O2. The summed E-state index contributed by atoms with van der Waals surface area (Å²) in [4.78, 5) is 14.7. The molecule has 0 amide bonds. The molecule has 0 aliphatic heterocycles. The molecule has 23 heavy (non-hydrogen) atoms. The van der Waals surface area contributed by atoms with Gasteiger partial charge in [0, 0.05) is 6.07 Å². The summed E-state index contributed by atoms with van der Waals surface area (Å²) in [6.45, 7) is 0. The summed E-state index contributed by atoms with van der Waals surface area (Å²) in [5.74, 6) is 0.123. The van der Waals surface area contributed by atoms with Gasteiger partial charge in [-0.3, -0.25) is 4.98 Å². The zero-order valence-electron chi connectivity index (χ0n) is 11.8. The maximum absolute atomic E-state index is 14.0. The second-order valence-electron chi connectivity index (χ2n) is 4.61. The number of aromatic nitrogens is 3. The maximum Gasteiger partial charge on any atom is 0.348 e. The molecule has 118 valence electrons. The van der Waals surface area contributed by atoms with Crippen LogP contribution in [0.25, 0.3) is 17.1 Å². The lowest BCUT2D eigenvalue weighted by atomic mass is 10.2. The standard InChI is InChI=1S/C15H10ClFIN3O2/c1-23-12-7-8(5-6-11(12)18)21-15(22)19-14(20-21)13-9(16)3-2-4-10(13)17/h2-7H,1H3,(H,19,20,22). The third kappa shape index (κ3) is 2.98.